The van der Waals surface area contributed by atoms with Gasteiger partial charge in [-0.05, 0) is 47.8 Å². The van der Waals surface area contributed by atoms with Crippen LogP contribution >= 0.6 is 23.1 Å². The molecule has 3 rings (SSSR count). The van der Waals surface area contributed by atoms with Gasteiger partial charge in [0.2, 0.25) is 11.7 Å². The van der Waals surface area contributed by atoms with Gasteiger partial charge in [0.1, 0.15) is 0 Å². The highest BCUT2D eigenvalue weighted by molar-refractivity contribution is 7.99. The Kier molecular flexibility index (Phi) is 7.61. The lowest BCUT2D eigenvalue weighted by Gasteiger charge is -2.07. The number of hydrogen-bond donors (Lipinski definition) is 1. The summed E-state index contributed by atoms with van der Waals surface area (Å²) in [5.74, 6) is -1.10. The molecule has 1 heterocycles. The molecular formula is C22H19NO4S2. The number of Topliss-reactive ketones (excluding diaryl/α,β-unsaturated/α-hetero) is 1. The minimum Gasteiger partial charge on any atom is -0.457 e. The molecule has 5 nitrogen and oxygen atoms in total. The zero-order chi connectivity index (χ0) is 20.5. The summed E-state index contributed by atoms with van der Waals surface area (Å²) in [7, 11) is 0. The molecule has 3 aromatic rings. The zero-order valence-corrected chi connectivity index (χ0v) is 17.1. The highest BCUT2D eigenvalue weighted by atomic mass is 32.2. The highest BCUT2D eigenvalue weighted by Gasteiger charge is 2.12. The number of ketones is 1. The van der Waals surface area contributed by atoms with Crippen molar-refractivity contribution in [2.24, 2.45) is 0 Å². The molecule has 0 aliphatic rings. The first-order valence-corrected chi connectivity index (χ1v) is 10.6. The maximum atomic E-state index is 12.0. The average Bonchev–Trinajstić information content (AvgIpc) is 3.28. The van der Waals surface area contributed by atoms with E-state index < -0.39 is 5.97 Å². The molecule has 0 atom stereocenters. The Bertz CT molecular complexity index is 954. The van der Waals surface area contributed by atoms with Crippen molar-refractivity contribution < 1.29 is 19.1 Å². The normalized spacial score (nSPS) is 10.3. The number of ether oxygens (including phenoxy) is 1. The number of benzene rings is 2. The van der Waals surface area contributed by atoms with Gasteiger partial charge < -0.3 is 10.1 Å². The van der Waals surface area contributed by atoms with E-state index in [4.69, 9.17) is 4.74 Å². The smallest absolute Gasteiger partial charge is 0.306 e. The van der Waals surface area contributed by atoms with Gasteiger partial charge in [0.25, 0.3) is 0 Å². The predicted octanol–water partition coefficient (Wildman–Crippen LogP) is 5.04. The van der Waals surface area contributed by atoms with E-state index in [-0.39, 0.29) is 31.1 Å². The highest BCUT2D eigenvalue weighted by Crippen LogP contribution is 2.28. The van der Waals surface area contributed by atoms with Crippen LogP contribution < -0.4 is 5.32 Å². The Balaban J connectivity index is 1.38. The van der Waals surface area contributed by atoms with E-state index in [1.165, 1.54) is 11.3 Å². The maximum absolute atomic E-state index is 12.0. The number of anilines is 1. The lowest BCUT2D eigenvalue weighted by atomic mass is 10.2. The third-order valence-corrected chi connectivity index (χ3v) is 5.76. The molecule has 0 bridgehead atoms. The topological polar surface area (TPSA) is 72.5 Å². The van der Waals surface area contributed by atoms with E-state index in [0.717, 1.165) is 9.79 Å². The van der Waals surface area contributed by atoms with Crippen LogP contribution in [0.1, 0.15) is 22.5 Å². The van der Waals surface area contributed by atoms with Crippen LogP contribution in [0.2, 0.25) is 0 Å². The third-order valence-electron chi connectivity index (χ3n) is 3.83. The molecule has 1 aromatic heterocycles. The van der Waals surface area contributed by atoms with Gasteiger partial charge in [0, 0.05) is 21.9 Å². The Morgan fingerprint density at radius 3 is 2.28 bits per heavy atom. The summed E-state index contributed by atoms with van der Waals surface area (Å²) in [5, 5.41) is 4.54. The molecule has 0 aliphatic heterocycles. The molecule has 0 saturated heterocycles. The fraction of sp³-hybridized carbons (Fsp3) is 0.136. The van der Waals surface area contributed by atoms with Crippen LogP contribution in [-0.4, -0.2) is 24.3 Å². The van der Waals surface area contributed by atoms with Crippen LogP contribution in [0.3, 0.4) is 0 Å². The van der Waals surface area contributed by atoms with E-state index in [9.17, 15) is 14.4 Å². The van der Waals surface area contributed by atoms with Crippen molar-refractivity contribution in [3.8, 4) is 0 Å². The molecule has 29 heavy (non-hydrogen) atoms. The largest absolute Gasteiger partial charge is 0.457 e. The van der Waals surface area contributed by atoms with Gasteiger partial charge in [-0.15, -0.1) is 11.3 Å². The van der Waals surface area contributed by atoms with Crippen molar-refractivity contribution in [1.29, 1.82) is 0 Å². The second-order valence-electron chi connectivity index (χ2n) is 6.05. The number of esters is 1. The zero-order valence-electron chi connectivity index (χ0n) is 15.5. The number of nitrogens with one attached hydrogen (secondary N) is 1. The van der Waals surface area contributed by atoms with E-state index >= 15 is 0 Å². The van der Waals surface area contributed by atoms with Gasteiger partial charge in [-0.2, -0.15) is 0 Å². The monoisotopic (exact) mass is 425 g/mol. The van der Waals surface area contributed by atoms with Gasteiger partial charge in [-0.3, -0.25) is 14.4 Å². The van der Waals surface area contributed by atoms with E-state index in [2.05, 4.69) is 5.32 Å². The summed E-state index contributed by atoms with van der Waals surface area (Å²) in [6, 6.07) is 21.0. The fourth-order valence-corrected chi connectivity index (χ4v) is 3.89. The van der Waals surface area contributed by atoms with E-state index in [0.29, 0.717) is 10.6 Å². The molecule has 0 spiro atoms. The minimum absolute atomic E-state index is 0.00740. The van der Waals surface area contributed by atoms with Crippen LogP contribution in [0.5, 0.6) is 0 Å². The Morgan fingerprint density at radius 1 is 0.862 bits per heavy atom. The molecule has 1 N–H and O–H groups in total. The number of carbonyl (C=O) groups excluding carboxylic acids is 3. The lowest BCUT2D eigenvalue weighted by Crippen LogP contribution is -2.17. The van der Waals surface area contributed by atoms with Gasteiger partial charge in [-0.1, -0.05) is 36.0 Å². The average molecular weight is 426 g/mol. The van der Waals surface area contributed by atoms with Crippen molar-refractivity contribution in [2.75, 3.05) is 11.9 Å². The van der Waals surface area contributed by atoms with E-state index in [1.807, 2.05) is 54.6 Å². The second kappa shape index (κ2) is 10.6. The predicted molar refractivity (Wildman–Crippen MR) is 114 cm³/mol. The fourth-order valence-electron chi connectivity index (χ4n) is 2.40. The molecular weight excluding hydrogens is 406 g/mol. The van der Waals surface area contributed by atoms with Crippen LogP contribution in [0, 0.1) is 0 Å². The second-order valence-corrected chi connectivity index (χ2v) is 8.14. The Labute approximate surface area is 177 Å². The molecule has 7 heteroatoms. The summed E-state index contributed by atoms with van der Waals surface area (Å²) >= 11 is 2.93. The summed E-state index contributed by atoms with van der Waals surface area (Å²) < 4.78 is 4.94. The van der Waals surface area contributed by atoms with Gasteiger partial charge in [-0.25, -0.2) is 0 Å². The van der Waals surface area contributed by atoms with Crippen LogP contribution in [0.15, 0.2) is 81.9 Å². The number of carbonyl (C=O) groups is 3. The lowest BCUT2D eigenvalue weighted by molar-refractivity contribution is -0.143. The number of hydrogen-bond acceptors (Lipinski definition) is 6. The third kappa shape index (κ3) is 6.89. The van der Waals surface area contributed by atoms with Crippen molar-refractivity contribution in [2.45, 2.75) is 22.6 Å². The number of amides is 1. The molecule has 2 aromatic carbocycles. The molecule has 0 unspecified atom stereocenters. The van der Waals surface area contributed by atoms with Crippen molar-refractivity contribution >= 4 is 46.4 Å². The molecule has 0 fully saturated rings. The molecule has 0 radical (unpaired) electrons. The summed E-state index contributed by atoms with van der Waals surface area (Å²) in [5.41, 5.74) is 0.661. The Hall–Kier alpha value is -2.90. The minimum atomic E-state index is -0.570. The van der Waals surface area contributed by atoms with Gasteiger partial charge >= 0.3 is 5.97 Å². The summed E-state index contributed by atoms with van der Waals surface area (Å²) in [6.07, 6.45) is -0.0853. The first kappa shape index (κ1) is 20.8. The molecule has 1 amide bonds. The van der Waals surface area contributed by atoms with Crippen LogP contribution in [0.4, 0.5) is 5.69 Å². The molecule has 0 aliphatic carbocycles. The maximum Gasteiger partial charge on any atom is 0.306 e. The van der Waals surface area contributed by atoms with Crippen molar-refractivity contribution in [3.63, 3.8) is 0 Å². The first-order valence-electron chi connectivity index (χ1n) is 8.95. The number of rotatable bonds is 9. The quantitative estimate of drug-likeness (QED) is 0.384. The van der Waals surface area contributed by atoms with Crippen molar-refractivity contribution in [1.82, 2.24) is 0 Å². The van der Waals surface area contributed by atoms with Gasteiger partial charge in [0.15, 0.2) is 6.61 Å². The SMILES string of the molecule is O=C(CCC(=O)OCC(=O)c1cccs1)Nc1ccc(Sc2ccccc2)cc1. The van der Waals surface area contributed by atoms with E-state index in [1.54, 1.807) is 29.3 Å². The first-order chi connectivity index (χ1) is 14.1. The van der Waals surface area contributed by atoms with Crippen LogP contribution in [0.25, 0.3) is 0 Å². The summed E-state index contributed by atoms with van der Waals surface area (Å²) in [4.78, 5) is 38.3. The summed E-state index contributed by atoms with van der Waals surface area (Å²) in [6.45, 7) is -0.304. The van der Waals surface area contributed by atoms with Crippen molar-refractivity contribution in [3.05, 3.63) is 77.0 Å². The van der Waals surface area contributed by atoms with Crippen LogP contribution in [-0.2, 0) is 14.3 Å². The standard InChI is InChI=1S/C22H19NO4S2/c24-19(20-7-4-14-28-20)15-27-22(26)13-12-21(25)23-16-8-10-18(11-9-16)29-17-5-2-1-3-6-17/h1-11,14H,12-13,15H2,(H,23,25). The Morgan fingerprint density at radius 2 is 1.59 bits per heavy atom. The number of thiophene rings is 1. The molecule has 148 valence electrons. The molecule has 0 saturated carbocycles. The van der Waals surface area contributed by atoms with Gasteiger partial charge in [0.05, 0.1) is 11.3 Å².